The summed E-state index contributed by atoms with van der Waals surface area (Å²) in [6.07, 6.45) is 6.53. The first-order valence-electron chi connectivity index (χ1n) is 5.63. The minimum atomic E-state index is 0.622. The first-order chi connectivity index (χ1) is 6.88. The number of hydrogen-bond donors (Lipinski definition) is 0. The summed E-state index contributed by atoms with van der Waals surface area (Å²) >= 11 is 0. The van der Waals surface area contributed by atoms with Crippen LogP contribution in [0.2, 0.25) is 0 Å². The third-order valence-electron chi connectivity index (χ3n) is 2.92. The monoisotopic (exact) mass is 196 g/mol. The molecule has 1 aliphatic rings. The molecule has 0 bridgehead atoms. The van der Waals surface area contributed by atoms with Crippen LogP contribution >= 0.6 is 0 Å². The Bertz CT molecular complexity index is 196. The Hall–Kier alpha value is -0.730. The molecule has 1 fully saturated rings. The van der Waals surface area contributed by atoms with Crippen LogP contribution in [0.4, 0.5) is 0 Å². The van der Waals surface area contributed by atoms with Gasteiger partial charge in [-0.25, -0.2) is 0 Å². The van der Waals surface area contributed by atoms with Crippen molar-refractivity contribution in [3.05, 3.63) is 10.4 Å². The molecular weight excluding hydrogens is 176 g/mol. The lowest BCUT2D eigenvalue weighted by Gasteiger charge is -2.35. The van der Waals surface area contributed by atoms with Gasteiger partial charge in [0.2, 0.25) is 0 Å². The number of likely N-dealkylation sites (tertiary alicyclic amines) is 1. The minimum absolute atomic E-state index is 0.622. The van der Waals surface area contributed by atoms with E-state index in [1.165, 1.54) is 38.6 Å². The summed E-state index contributed by atoms with van der Waals surface area (Å²) in [7, 11) is 0. The van der Waals surface area contributed by atoms with Crippen molar-refractivity contribution in [3.63, 3.8) is 0 Å². The zero-order valence-electron chi connectivity index (χ0n) is 9.02. The van der Waals surface area contributed by atoms with Gasteiger partial charge in [0.05, 0.1) is 0 Å². The molecule has 0 aliphatic carbocycles. The van der Waals surface area contributed by atoms with E-state index in [4.69, 9.17) is 5.53 Å². The van der Waals surface area contributed by atoms with Gasteiger partial charge in [-0.2, -0.15) is 0 Å². The van der Waals surface area contributed by atoms with Crippen molar-refractivity contribution in [2.24, 2.45) is 5.11 Å². The zero-order valence-corrected chi connectivity index (χ0v) is 9.02. The highest BCUT2D eigenvalue weighted by Crippen LogP contribution is 2.20. The molecule has 1 unspecified atom stereocenters. The third kappa shape index (κ3) is 3.56. The number of azide groups is 1. The van der Waals surface area contributed by atoms with Gasteiger partial charge in [-0.05, 0) is 31.3 Å². The summed E-state index contributed by atoms with van der Waals surface area (Å²) in [5.41, 5.74) is 8.20. The van der Waals surface area contributed by atoms with Crippen LogP contribution in [0.5, 0.6) is 0 Å². The van der Waals surface area contributed by atoms with Crippen molar-refractivity contribution in [1.82, 2.24) is 4.90 Å². The van der Waals surface area contributed by atoms with Crippen LogP contribution in [0.3, 0.4) is 0 Å². The molecule has 0 aromatic rings. The Kier molecular flexibility index (Phi) is 5.42. The fraction of sp³-hybridized carbons (Fsp3) is 1.00. The maximum atomic E-state index is 8.20. The molecule has 1 aliphatic heterocycles. The molecule has 1 rings (SSSR count). The second-order valence-electron chi connectivity index (χ2n) is 3.93. The van der Waals surface area contributed by atoms with E-state index >= 15 is 0 Å². The molecule has 0 radical (unpaired) electrons. The zero-order chi connectivity index (χ0) is 10.2. The van der Waals surface area contributed by atoms with Crippen LogP contribution < -0.4 is 0 Å². The van der Waals surface area contributed by atoms with E-state index in [1.807, 2.05) is 0 Å². The van der Waals surface area contributed by atoms with E-state index in [9.17, 15) is 0 Å². The minimum Gasteiger partial charge on any atom is -0.300 e. The molecule has 0 N–H and O–H groups in total. The van der Waals surface area contributed by atoms with E-state index < -0.39 is 0 Å². The average molecular weight is 196 g/mol. The van der Waals surface area contributed by atoms with E-state index in [1.54, 1.807) is 0 Å². The Balaban J connectivity index is 2.33. The largest absolute Gasteiger partial charge is 0.300 e. The van der Waals surface area contributed by atoms with Gasteiger partial charge in [-0.3, -0.25) is 0 Å². The summed E-state index contributed by atoms with van der Waals surface area (Å²) in [5.74, 6) is 0. The summed E-state index contributed by atoms with van der Waals surface area (Å²) < 4.78 is 0. The molecule has 4 nitrogen and oxygen atoms in total. The van der Waals surface area contributed by atoms with Gasteiger partial charge < -0.3 is 4.90 Å². The fourth-order valence-electron chi connectivity index (χ4n) is 2.23. The normalized spacial score (nSPS) is 23.1. The van der Waals surface area contributed by atoms with Crippen molar-refractivity contribution < 1.29 is 0 Å². The smallest absolute Gasteiger partial charge is 0.0385 e. The van der Waals surface area contributed by atoms with Gasteiger partial charge in [-0.15, -0.1) is 0 Å². The Morgan fingerprint density at radius 1 is 1.50 bits per heavy atom. The Labute approximate surface area is 85.9 Å². The van der Waals surface area contributed by atoms with Gasteiger partial charge in [0, 0.05) is 24.0 Å². The number of hydrogen-bond acceptors (Lipinski definition) is 2. The lowest BCUT2D eigenvalue weighted by Crippen LogP contribution is -2.40. The molecule has 0 aromatic heterocycles. The molecule has 4 heteroatoms. The molecule has 0 amide bonds. The number of piperidine rings is 1. The van der Waals surface area contributed by atoms with Crippen LogP contribution in [0, 0.1) is 0 Å². The predicted octanol–water partition coefficient (Wildman–Crippen LogP) is 2.95. The second kappa shape index (κ2) is 6.68. The van der Waals surface area contributed by atoms with Crippen molar-refractivity contribution in [1.29, 1.82) is 0 Å². The summed E-state index contributed by atoms with van der Waals surface area (Å²) in [4.78, 5) is 5.28. The van der Waals surface area contributed by atoms with Gasteiger partial charge in [0.15, 0.2) is 0 Å². The van der Waals surface area contributed by atoms with Crippen LogP contribution in [0.15, 0.2) is 5.11 Å². The van der Waals surface area contributed by atoms with Crippen molar-refractivity contribution in [3.8, 4) is 0 Å². The fourth-order valence-corrected chi connectivity index (χ4v) is 2.23. The molecule has 0 aromatic carbocycles. The van der Waals surface area contributed by atoms with Gasteiger partial charge >= 0.3 is 0 Å². The topological polar surface area (TPSA) is 52.0 Å². The lowest BCUT2D eigenvalue weighted by atomic mass is 9.98. The third-order valence-corrected chi connectivity index (χ3v) is 2.92. The summed E-state index contributed by atoms with van der Waals surface area (Å²) in [6, 6.07) is 0.739. The van der Waals surface area contributed by atoms with E-state index in [0.717, 1.165) is 12.6 Å². The Morgan fingerprint density at radius 3 is 3.07 bits per heavy atom. The van der Waals surface area contributed by atoms with E-state index in [2.05, 4.69) is 21.8 Å². The molecule has 80 valence electrons. The molecule has 1 atom stereocenters. The van der Waals surface area contributed by atoms with E-state index in [0.29, 0.717) is 6.54 Å². The first kappa shape index (κ1) is 11.3. The van der Waals surface area contributed by atoms with Crippen molar-refractivity contribution in [2.45, 2.75) is 45.1 Å². The Morgan fingerprint density at radius 2 is 2.36 bits per heavy atom. The summed E-state index contributed by atoms with van der Waals surface area (Å²) in [5, 5.41) is 3.60. The van der Waals surface area contributed by atoms with Crippen LogP contribution in [-0.2, 0) is 0 Å². The van der Waals surface area contributed by atoms with Crippen LogP contribution in [0.1, 0.15) is 39.0 Å². The standard InChI is InChI=1S/C10H20N4/c1-2-5-10-6-3-4-8-14(10)9-7-12-13-11/h10H,2-9H2,1H3. The predicted molar refractivity (Wildman–Crippen MR) is 58.1 cm³/mol. The lowest BCUT2D eigenvalue weighted by molar-refractivity contribution is 0.144. The quantitative estimate of drug-likeness (QED) is 0.379. The van der Waals surface area contributed by atoms with Crippen LogP contribution in [-0.4, -0.2) is 30.6 Å². The van der Waals surface area contributed by atoms with E-state index in [-0.39, 0.29) is 0 Å². The molecule has 0 spiro atoms. The number of rotatable bonds is 5. The highest BCUT2D eigenvalue weighted by atomic mass is 15.2. The summed E-state index contributed by atoms with van der Waals surface area (Å²) in [6.45, 7) is 4.98. The highest BCUT2D eigenvalue weighted by molar-refractivity contribution is 4.76. The molecule has 1 heterocycles. The van der Waals surface area contributed by atoms with Crippen LogP contribution in [0.25, 0.3) is 10.4 Å². The van der Waals surface area contributed by atoms with Gasteiger partial charge in [-0.1, -0.05) is 24.9 Å². The maximum Gasteiger partial charge on any atom is 0.0385 e. The maximum absolute atomic E-state index is 8.20. The first-order valence-corrected chi connectivity index (χ1v) is 5.63. The molecular formula is C10H20N4. The molecule has 0 saturated carbocycles. The second-order valence-corrected chi connectivity index (χ2v) is 3.93. The van der Waals surface area contributed by atoms with Crippen molar-refractivity contribution >= 4 is 0 Å². The molecule has 1 saturated heterocycles. The molecule has 14 heavy (non-hydrogen) atoms. The number of nitrogens with zero attached hydrogens (tertiary/aromatic N) is 4. The van der Waals surface area contributed by atoms with Gasteiger partial charge in [0.25, 0.3) is 0 Å². The van der Waals surface area contributed by atoms with Crippen molar-refractivity contribution in [2.75, 3.05) is 19.6 Å². The highest BCUT2D eigenvalue weighted by Gasteiger charge is 2.20. The average Bonchev–Trinajstić information content (AvgIpc) is 2.21. The van der Waals surface area contributed by atoms with Gasteiger partial charge in [0.1, 0.15) is 0 Å². The SMILES string of the molecule is CCCC1CCCCN1CCN=[N+]=[N-].